The Bertz CT molecular complexity index is 753. The zero-order valence-corrected chi connectivity index (χ0v) is 15.6. The van der Waals surface area contributed by atoms with Crippen molar-refractivity contribution in [1.82, 2.24) is 10.6 Å². The molecule has 1 fully saturated rings. The zero-order valence-electron chi connectivity index (χ0n) is 15.6. The lowest BCUT2D eigenvalue weighted by molar-refractivity contribution is -0.161. The number of nitrogens with one attached hydrogen (secondary N) is 2. The molecule has 0 spiro atoms. The normalized spacial score (nSPS) is 17.9. The van der Waals surface area contributed by atoms with Gasteiger partial charge in [-0.2, -0.15) is 13.2 Å². The average molecular weight is 421 g/mol. The number of halogens is 6. The molecule has 1 saturated carbocycles. The molecular formula is C19H21F6N3O. The number of hydrogen-bond donors (Lipinski definition) is 2. The second kappa shape index (κ2) is 8.61. The van der Waals surface area contributed by atoms with Crippen molar-refractivity contribution in [2.45, 2.75) is 68.9 Å². The van der Waals surface area contributed by atoms with Gasteiger partial charge in [0.2, 0.25) is 11.8 Å². The maximum atomic E-state index is 13.7. The molecular weight excluding hydrogens is 400 g/mol. The third-order valence-electron chi connectivity index (χ3n) is 4.82. The largest absolute Gasteiger partial charge is 0.407 e. The molecule has 0 heterocycles. The van der Waals surface area contributed by atoms with Crippen molar-refractivity contribution >= 4 is 5.91 Å². The van der Waals surface area contributed by atoms with E-state index in [2.05, 4.69) is 15.5 Å². The zero-order chi connectivity index (χ0) is 21.9. The molecule has 4 nitrogen and oxygen atoms in total. The number of carbonyl (C=O) groups excluding carboxylic acids is 1. The van der Waals surface area contributed by atoms with E-state index in [1.54, 1.807) is 0 Å². The Labute approximate surface area is 164 Å². The highest BCUT2D eigenvalue weighted by Gasteiger charge is 2.53. The van der Waals surface area contributed by atoms with Crippen LogP contribution >= 0.6 is 0 Å². The van der Waals surface area contributed by atoms with Crippen LogP contribution in [-0.4, -0.2) is 29.7 Å². The molecule has 1 aliphatic carbocycles. The minimum Gasteiger partial charge on any atom is -0.291 e. The summed E-state index contributed by atoms with van der Waals surface area (Å²) in [5.74, 6) is -4.82. The molecule has 10 heteroatoms. The van der Waals surface area contributed by atoms with Gasteiger partial charge in [-0.15, -0.1) is 0 Å². The quantitative estimate of drug-likeness (QED) is 0.447. The van der Waals surface area contributed by atoms with Crippen LogP contribution in [0.5, 0.6) is 0 Å². The number of hydrogen-bond acceptors (Lipinski definition) is 2. The fourth-order valence-electron chi connectivity index (χ4n) is 2.76. The summed E-state index contributed by atoms with van der Waals surface area (Å²) in [6.45, 7) is 8.32. The van der Waals surface area contributed by atoms with Crippen LogP contribution in [0.15, 0.2) is 24.3 Å². The minimum atomic E-state index is -4.86. The van der Waals surface area contributed by atoms with Crippen molar-refractivity contribution in [1.29, 1.82) is 0 Å². The van der Waals surface area contributed by atoms with Gasteiger partial charge in [0.15, 0.2) is 0 Å². The molecule has 0 aromatic heterocycles. The SMILES string of the molecule is [C-]#[N+]C1(NC(=O)[C@H](CCC(F)(F)CC)N[C@@H](c2ccc(F)cc2)C(F)(F)F)CC1. The molecule has 29 heavy (non-hydrogen) atoms. The van der Waals surface area contributed by atoms with Crippen molar-refractivity contribution in [2.75, 3.05) is 0 Å². The molecule has 0 saturated heterocycles. The molecule has 0 bridgehead atoms. The average Bonchev–Trinajstić information content (AvgIpc) is 3.41. The van der Waals surface area contributed by atoms with Crippen molar-refractivity contribution < 1.29 is 31.1 Å². The van der Waals surface area contributed by atoms with E-state index in [-0.39, 0.29) is 5.56 Å². The van der Waals surface area contributed by atoms with Crippen LogP contribution < -0.4 is 10.6 Å². The van der Waals surface area contributed by atoms with Crippen molar-refractivity contribution in [3.8, 4) is 0 Å². The van der Waals surface area contributed by atoms with Crippen LogP contribution in [0.2, 0.25) is 0 Å². The summed E-state index contributed by atoms with van der Waals surface area (Å²) in [4.78, 5) is 15.8. The first-order valence-electron chi connectivity index (χ1n) is 9.08. The highest BCUT2D eigenvalue weighted by atomic mass is 19.4. The smallest absolute Gasteiger partial charge is 0.291 e. The monoisotopic (exact) mass is 421 g/mol. The summed E-state index contributed by atoms with van der Waals surface area (Å²) in [5.41, 5.74) is -1.53. The van der Waals surface area contributed by atoms with E-state index in [0.717, 1.165) is 24.3 Å². The van der Waals surface area contributed by atoms with Crippen molar-refractivity contribution in [3.05, 3.63) is 47.1 Å². The number of rotatable bonds is 9. The fraction of sp³-hybridized carbons (Fsp3) is 0.579. The van der Waals surface area contributed by atoms with Crippen LogP contribution in [0, 0.1) is 12.4 Å². The summed E-state index contributed by atoms with van der Waals surface area (Å²) in [7, 11) is 0. The van der Waals surface area contributed by atoms with Gasteiger partial charge in [-0.1, -0.05) is 19.1 Å². The molecule has 0 aliphatic heterocycles. The molecule has 1 aliphatic rings. The number of alkyl halides is 5. The maximum absolute atomic E-state index is 13.7. The summed E-state index contributed by atoms with van der Waals surface area (Å²) in [6, 6.07) is -0.460. The Morgan fingerprint density at radius 2 is 1.79 bits per heavy atom. The molecule has 1 amide bonds. The van der Waals surface area contributed by atoms with E-state index in [1.165, 1.54) is 6.92 Å². The topological polar surface area (TPSA) is 45.5 Å². The van der Waals surface area contributed by atoms with Crippen LogP contribution in [0.1, 0.15) is 50.6 Å². The number of carbonyl (C=O) groups is 1. The fourth-order valence-corrected chi connectivity index (χ4v) is 2.76. The Morgan fingerprint density at radius 3 is 2.24 bits per heavy atom. The summed E-state index contributed by atoms with van der Waals surface area (Å²) in [6.07, 6.45) is -6.04. The van der Waals surface area contributed by atoms with Crippen molar-refractivity contribution in [3.63, 3.8) is 0 Å². The second-order valence-electron chi connectivity index (χ2n) is 7.13. The highest BCUT2D eigenvalue weighted by Crippen LogP contribution is 2.38. The molecule has 0 unspecified atom stereocenters. The number of amides is 1. The third kappa shape index (κ3) is 6.35. The van der Waals surface area contributed by atoms with Gasteiger partial charge in [-0.05, 0) is 24.1 Å². The lowest BCUT2D eigenvalue weighted by atomic mass is 10.0. The third-order valence-corrected chi connectivity index (χ3v) is 4.82. The predicted octanol–water partition coefficient (Wildman–Crippen LogP) is 4.74. The van der Waals surface area contributed by atoms with E-state index >= 15 is 0 Å². The second-order valence-corrected chi connectivity index (χ2v) is 7.13. The first-order chi connectivity index (χ1) is 13.4. The van der Waals surface area contributed by atoms with Gasteiger partial charge in [0.05, 0.1) is 18.9 Å². The molecule has 1 aromatic carbocycles. The van der Waals surface area contributed by atoms with E-state index in [4.69, 9.17) is 6.57 Å². The highest BCUT2D eigenvalue weighted by molar-refractivity contribution is 5.83. The van der Waals surface area contributed by atoms with Gasteiger partial charge in [0.25, 0.3) is 0 Å². The van der Waals surface area contributed by atoms with Gasteiger partial charge < -0.3 is 0 Å². The predicted molar refractivity (Wildman–Crippen MR) is 93.3 cm³/mol. The summed E-state index contributed by atoms with van der Waals surface area (Å²) < 4.78 is 81.2. The first-order valence-corrected chi connectivity index (χ1v) is 9.08. The molecule has 1 aromatic rings. The lowest BCUT2D eigenvalue weighted by Gasteiger charge is -2.28. The molecule has 160 valence electrons. The van der Waals surface area contributed by atoms with Gasteiger partial charge in [0.1, 0.15) is 11.9 Å². The Balaban J connectivity index is 2.25. The van der Waals surface area contributed by atoms with Crippen molar-refractivity contribution in [2.24, 2.45) is 0 Å². The van der Waals surface area contributed by atoms with E-state index in [0.29, 0.717) is 12.8 Å². The Kier molecular flexibility index (Phi) is 6.83. The molecule has 2 atom stereocenters. The number of nitrogens with zero attached hydrogens (tertiary/aromatic N) is 1. The van der Waals surface area contributed by atoms with E-state index < -0.39 is 60.8 Å². The van der Waals surface area contributed by atoms with Crippen LogP contribution in [0.4, 0.5) is 26.3 Å². The van der Waals surface area contributed by atoms with Crippen LogP contribution in [0.3, 0.4) is 0 Å². The van der Waals surface area contributed by atoms with Gasteiger partial charge in [-0.25, -0.2) is 19.7 Å². The van der Waals surface area contributed by atoms with Crippen LogP contribution in [0.25, 0.3) is 4.85 Å². The van der Waals surface area contributed by atoms with Crippen LogP contribution in [-0.2, 0) is 4.79 Å². The Morgan fingerprint density at radius 1 is 1.21 bits per heavy atom. The molecule has 0 radical (unpaired) electrons. The molecule has 2 rings (SSSR count). The maximum Gasteiger partial charge on any atom is 0.407 e. The van der Waals surface area contributed by atoms with E-state index in [9.17, 15) is 31.1 Å². The lowest BCUT2D eigenvalue weighted by Crippen LogP contribution is -2.51. The standard InChI is InChI=1S/C19H21F6N3O/c1-3-17(21,22)9-8-14(16(29)28-18(26-2)10-11-18)27-15(19(23,24)25)12-4-6-13(20)7-5-12/h4-7,14-15,27H,3,8-11H2,1H3,(H,28,29)/t14-,15-/m0/s1. The number of benzene rings is 1. The van der Waals surface area contributed by atoms with E-state index in [1.807, 2.05) is 0 Å². The van der Waals surface area contributed by atoms with Gasteiger partial charge in [-0.3, -0.25) is 20.3 Å². The minimum absolute atomic E-state index is 0.348. The summed E-state index contributed by atoms with van der Waals surface area (Å²) in [5, 5.41) is 4.47. The van der Waals surface area contributed by atoms with Gasteiger partial charge in [0, 0.05) is 12.8 Å². The first kappa shape index (κ1) is 23.0. The van der Waals surface area contributed by atoms with Gasteiger partial charge >= 0.3 is 11.8 Å². The summed E-state index contributed by atoms with van der Waals surface area (Å²) >= 11 is 0. The molecule has 2 N–H and O–H groups in total. The Hall–Kier alpha value is -2.28.